The topological polar surface area (TPSA) is 12.9 Å². The van der Waals surface area contributed by atoms with Crippen molar-refractivity contribution < 1.29 is 0 Å². The van der Waals surface area contributed by atoms with Crippen LogP contribution in [-0.2, 0) is 6.42 Å². The SMILES string of the molecule is Cc1ccc2nc(C3CCC=c4ccc5c(c43)CC=c3ccccc3=5)cc(Br)c2c1. The van der Waals surface area contributed by atoms with Gasteiger partial charge in [0.05, 0.1) is 5.52 Å². The van der Waals surface area contributed by atoms with Crippen LogP contribution in [0.1, 0.15) is 41.1 Å². The Morgan fingerprint density at radius 1 is 0.900 bits per heavy atom. The number of halogens is 1. The molecule has 1 aromatic heterocycles. The van der Waals surface area contributed by atoms with Crippen molar-refractivity contribution in [2.75, 3.05) is 0 Å². The molecular weight excluding hydrogens is 430 g/mol. The fourth-order valence-electron chi connectivity index (χ4n) is 5.22. The molecule has 0 radical (unpaired) electrons. The molecule has 4 aromatic rings. The van der Waals surface area contributed by atoms with Crippen LogP contribution in [-0.4, -0.2) is 4.98 Å². The van der Waals surface area contributed by atoms with Crippen LogP contribution in [0.25, 0.3) is 23.1 Å². The van der Waals surface area contributed by atoms with Gasteiger partial charge in [-0.15, -0.1) is 0 Å². The summed E-state index contributed by atoms with van der Waals surface area (Å²) in [6.07, 6.45) is 8.00. The van der Waals surface area contributed by atoms with Crippen LogP contribution in [0.2, 0.25) is 0 Å². The molecule has 1 atom stereocenters. The van der Waals surface area contributed by atoms with E-state index in [0.717, 1.165) is 29.3 Å². The summed E-state index contributed by atoms with van der Waals surface area (Å²) >= 11 is 3.83. The Kier molecular flexibility index (Phi) is 4.17. The monoisotopic (exact) mass is 451 g/mol. The van der Waals surface area contributed by atoms with Crippen molar-refractivity contribution in [1.29, 1.82) is 0 Å². The Morgan fingerprint density at radius 3 is 2.73 bits per heavy atom. The third-order valence-electron chi connectivity index (χ3n) is 6.63. The third-order valence-corrected chi connectivity index (χ3v) is 7.28. The van der Waals surface area contributed by atoms with Gasteiger partial charge in [0.25, 0.3) is 0 Å². The maximum Gasteiger partial charge on any atom is 0.0717 e. The number of hydrogen-bond donors (Lipinski definition) is 0. The molecule has 6 rings (SSSR count). The predicted octanol–water partition coefficient (Wildman–Crippen LogP) is 5.64. The lowest BCUT2D eigenvalue weighted by molar-refractivity contribution is 0.694. The second-order valence-electron chi connectivity index (χ2n) is 8.47. The van der Waals surface area contributed by atoms with E-state index < -0.39 is 0 Å². The lowest BCUT2D eigenvalue weighted by Gasteiger charge is -2.25. The van der Waals surface area contributed by atoms with Crippen LogP contribution >= 0.6 is 15.9 Å². The fourth-order valence-corrected chi connectivity index (χ4v) is 5.77. The second kappa shape index (κ2) is 6.92. The van der Waals surface area contributed by atoms with Crippen molar-refractivity contribution in [3.63, 3.8) is 0 Å². The molecule has 2 heteroatoms. The molecule has 1 nitrogen and oxygen atoms in total. The number of rotatable bonds is 1. The van der Waals surface area contributed by atoms with Gasteiger partial charge in [0.2, 0.25) is 0 Å². The molecule has 0 saturated carbocycles. The van der Waals surface area contributed by atoms with Crippen molar-refractivity contribution in [1.82, 2.24) is 4.98 Å². The van der Waals surface area contributed by atoms with Gasteiger partial charge < -0.3 is 0 Å². The number of aryl methyl sites for hydroxylation is 1. The maximum atomic E-state index is 5.14. The minimum Gasteiger partial charge on any atom is -0.252 e. The summed E-state index contributed by atoms with van der Waals surface area (Å²) in [7, 11) is 0. The van der Waals surface area contributed by atoms with E-state index in [0.29, 0.717) is 5.92 Å². The van der Waals surface area contributed by atoms with Crippen molar-refractivity contribution in [2.24, 2.45) is 0 Å². The standard InChI is InChI=1S/C28H22BrN/c1-17-9-14-26-24(15-17)25(29)16-27(30-26)23-8-4-6-19-11-12-21-20-7-3-2-5-18(20)10-13-22(21)28(19)23/h2-3,5-7,9-12,14-16,23H,4,8,13H2,1H3. The van der Waals surface area contributed by atoms with Crippen molar-refractivity contribution >= 4 is 39.0 Å². The predicted molar refractivity (Wildman–Crippen MR) is 128 cm³/mol. The highest BCUT2D eigenvalue weighted by Gasteiger charge is 2.24. The minimum absolute atomic E-state index is 0.334. The molecule has 0 bridgehead atoms. The first-order valence-corrected chi connectivity index (χ1v) is 11.5. The zero-order valence-corrected chi connectivity index (χ0v) is 18.5. The highest BCUT2D eigenvalue weighted by molar-refractivity contribution is 9.10. The quantitative estimate of drug-likeness (QED) is 0.365. The molecule has 0 fully saturated rings. The largest absolute Gasteiger partial charge is 0.252 e. The minimum atomic E-state index is 0.334. The highest BCUT2D eigenvalue weighted by Crippen LogP contribution is 2.35. The van der Waals surface area contributed by atoms with Crippen molar-refractivity contribution in [3.05, 3.63) is 108 Å². The van der Waals surface area contributed by atoms with Crippen LogP contribution in [0.5, 0.6) is 0 Å². The number of nitrogens with zero attached hydrogens (tertiary/aromatic N) is 1. The number of fused-ring (bicyclic) bond motifs is 5. The Morgan fingerprint density at radius 2 is 1.80 bits per heavy atom. The number of benzene rings is 3. The molecule has 0 aliphatic heterocycles. The van der Waals surface area contributed by atoms with Gasteiger partial charge in [-0.05, 0) is 76.4 Å². The van der Waals surface area contributed by atoms with Crippen LogP contribution in [0.15, 0.2) is 65.1 Å². The Hall–Kier alpha value is -2.71. The maximum absolute atomic E-state index is 5.14. The van der Waals surface area contributed by atoms with Crippen molar-refractivity contribution in [3.8, 4) is 0 Å². The molecule has 1 heterocycles. The average Bonchev–Trinajstić information content (AvgIpc) is 2.78. The number of hydrogen-bond acceptors (Lipinski definition) is 1. The van der Waals surface area contributed by atoms with Gasteiger partial charge in [-0.2, -0.15) is 0 Å². The van der Waals surface area contributed by atoms with Gasteiger partial charge in [0, 0.05) is 21.5 Å². The van der Waals surface area contributed by atoms with Gasteiger partial charge in [0.15, 0.2) is 0 Å². The summed E-state index contributed by atoms with van der Waals surface area (Å²) in [5, 5.41) is 6.68. The zero-order chi connectivity index (χ0) is 20.2. The molecule has 2 aliphatic rings. The van der Waals surface area contributed by atoms with Gasteiger partial charge in [-0.1, -0.05) is 76.1 Å². The summed E-state index contributed by atoms with van der Waals surface area (Å²) in [5.41, 5.74) is 6.48. The molecule has 0 spiro atoms. The normalized spacial score (nSPS) is 16.8. The van der Waals surface area contributed by atoms with Gasteiger partial charge in [-0.3, -0.25) is 4.98 Å². The number of pyridine rings is 1. The Balaban J connectivity index is 1.64. The third kappa shape index (κ3) is 2.78. The van der Waals surface area contributed by atoms with E-state index in [-0.39, 0.29) is 0 Å². The first kappa shape index (κ1) is 18.1. The summed E-state index contributed by atoms with van der Waals surface area (Å²) in [5.74, 6) is 0.334. The van der Waals surface area contributed by atoms with Gasteiger partial charge >= 0.3 is 0 Å². The van der Waals surface area contributed by atoms with Crippen LogP contribution in [0.3, 0.4) is 0 Å². The first-order valence-electron chi connectivity index (χ1n) is 10.7. The molecule has 2 aliphatic carbocycles. The summed E-state index contributed by atoms with van der Waals surface area (Å²) < 4.78 is 1.14. The smallest absolute Gasteiger partial charge is 0.0717 e. The molecule has 146 valence electrons. The Labute approximate surface area is 184 Å². The van der Waals surface area contributed by atoms with Gasteiger partial charge in [-0.25, -0.2) is 0 Å². The summed E-state index contributed by atoms with van der Waals surface area (Å²) in [6, 6.07) is 22.2. The molecule has 3 aromatic carbocycles. The highest BCUT2D eigenvalue weighted by atomic mass is 79.9. The average molecular weight is 452 g/mol. The molecule has 1 unspecified atom stereocenters. The first-order chi connectivity index (χ1) is 14.7. The van der Waals surface area contributed by atoms with E-state index in [1.807, 2.05) is 0 Å². The van der Waals surface area contributed by atoms with E-state index in [1.165, 1.54) is 48.6 Å². The van der Waals surface area contributed by atoms with E-state index >= 15 is 0 Å². The molecule has 0 amide bonds. The van der Waals surface area contributed by atoms with Crippen LogP contribution in [0, 0.1) is 17.4 Å². The molecule has 0 saturated heterocycles. The van der Waals surface area contributed by atoms with E-state index in [2.05, 4.69) is 95.7 Å². The fraction of sp³-hybridized carbons (Fsp3) is 0.179. The molecule has 0 N–H and O–H groups in total. The number of aromatic nitrogens is 1. The van der Waals surface area contributed by atoms with Gasteiger partial charge in [0.1, 0.15) is 0 Å². The molecular formula is C28H22BrN. The zero-order valence-electron chi connectivity index (χ0n) is 17.0. The summed E-state index contributed by atoms with van der Waals surface area (Å²) in [6.45, 7) is 2.13. The second-order valence-corrected chi connectivity index (χ2v) is 9.33. The van der Waals surface area contributed by atoms with E-state index in [1.54, 1.807) is 0 Å². The lowest BCUT2D eigenvalue weighted by Crippen LogP contribution is -2.24. The lowest BCUT2D eigenvalue weighted by atomic mass is 9.80. The van der Waals surface area contributed by atoms with E-state index in [9.17, 15) is 0 Å². The summed E-state index contributed by atoms with van der Waals surface area (Å²) in [4.78, 5) is 5.14. The van der Waals surface area contributed by atoms with Crippen LogP contribution in [0.4, 0.5) is 0 Å². The van der Waals surface area contributed by atoms with Crippen molar-refractivity contribution in [2.45, 2.75) is 32.1 Å². The van der Waals surface area contributed by atoms with E-state index in [4.69, 9.17) is 4.98 Å². The Bertz CT molecular complexity index is 1550. The molecule has 30 heavy (non-hydrogen) atoms. The van der Waals surface area contributed by atoms with Crippen LogP contribution < -0.4 is 10.4 Å².